The number of nitrogens with zero attached hydrogens (tertiary/aromatic N) is 3. The molecule has 0 atom stereocenters. The summed E-state index contributed by atoms with van der Waals surface area (Å²) in [6.45, 7) is 12.0. The topological polar surface area (TPSA) is 61.7 Å². The Hall–Kier alpha value is -1.87. The first-order chi connectivity index (χ1) is 13.9. The summed E-state index contributed by atoms with van der Waals surface area (Å²) < 4.78 is 1.70. The third-order valence-corrected chi connectivity index (χ3v) is 4.95. The molecule has 0 radical (unpaired) electrons. The molecule has 0 saturated heterocycles. The number of aliphatic imine (C=N–C) groups is 1. The van der Waals surface area contributed by atoms with Crippen LogP contribution in [0.25, 0.3) is 0 Å². The molecule has 2 rings (SSSR count). The number of guanidine groups is 1. The van der Waals surface area contributed by atoms with Gasteiger partial charge in [0.15, 0.2) is 5.96 Å². The van der Waals surface area contributed by atoms with Gasteiger partial charge in [0.1, 0.15) is 0 Å². The van der Waals surface area contributed by atoms with Gasteiger partial charge in [0.2, 0.25) is 0 Å². The Labute approximate surface area is 197 Å². The first-order valence-electron chi connectivity index (χ1n) is 10.3. The van der Waals surface area contributed by atoms with E-state index in [-0.39, 0.29) is 29.5 Å². The lowest BCUT2D eigenvalue weighted by atomic mass is 10.1. The molecule has 0 aliphatic carbocycles. The highest BCUT2D eigenvalue weighted by Crippen LogP contribution is 2.06. The van der Waals surface area contributed by atoms with Crippen LogP contribution in [-0.2, 0) is 13.1 Å². The van der Waals surface area contributed by atoms with Crippen LogP contribution in [0.5, 0.6) is 0 Å². The summed E-state index contributed by atoms with van der Waals surface area (Å²) in [6, 6.07) is 14.6. The summed E-state index contributed by atoms with van der Waals surface area (Å²) in [5.41, 5.74) is 2.29. The number of hydrogen-bond donors (Lipinski definition) is 2. The second-order valence-electron chi connectivity index (χ2n) is 7.76. The highest BCUT2D eigenvalue weighted by molar-refractivity contribution is 14.0. The van der Waals surface area contributed by atoms with E-state index < -0.39 is 0 Å². The lowest BCUT2D eigenvalue weighted by molar-refractivity contribution is 0.178. The van der Waals surface area contributed by atoms with Gasteiger partial charge < -0.3 is 15.2 Å². The van der Waals surface area contributed by atoms with Crippen LogP contribution < -0.4 is 16.2 Å². The molecule has 166 valence electrons. The maximum absolute atomic E-state index is 11.8. The minimum absolute atomic E-state index is 0. The van der Waals surface area contributed by atoms with Crippen molar-refractivity contribution in [1.82, 2.24) is 20.1 Å². The summed E-state index contributed by atoms with van der Waals surface area (Å²) >= 11 is 0. The molecule has 0 bridgehead atoms. The molecular weight excluding hydrogens is 489 g/mol. The predicted octanol–water partition coefficient (Wildman–Crippen LogP) is 3.30. The Kier molecular flexibility index (Phi) is 11.7. The van der Waals surface area contributed by atoms with E-state index in [0.29, 0.717) is 25.2 Å². The third-order valence-electron chi connectivity index (χ3n) is 4.95. The van der Waals surface area contributed by atoms with Crippen molar-refractivity contribution in [2.75, 3.05) is 20.1 Å². The van der Waals surface area contributed by atoms with Crippen LogP contribution in [-0.4, -0.2) is 47.6 Å². The van der Waals surface area contributed by atoms with Gasteiger partial charge in [-0.05, 0) is 44.9 Å². The molecule has 0 unspecified atom stereocenters. The molecular formula is C23H36IN5O. The zero-order valence-electron chi connectivity index (χ0n) is 18.8. The van der Waals surface area contributed by atoms with E-state index in [1.165, 1.54) is 5.56 Å². The van der Waals surface area contributed by atoms with Crippen molar-refractivity contribution in [1.29, 1.82) is 0 Å². The van der Waals surface area contributed by atoms with Gasteiger partial charge in [0.05, 0.1) is 6.54 Å². The molecule has 0 aliphatic rings. The fourth-order valence-corrected chi connectivity index (χ4v) is 3.37. The van der Waals surface area contributed by atoms with Crippen LogP contribution >= 0.6 is 24.0 Å². The van der Waals surface area contributed by atoms with E-state index in [1.807, 2.05) is 12.3 Å². The minimum atomic E-state index is 0. The molecule has 1 heterocycles. The Bertz CT molecular complexity index is 822. The number of aromatic nitrogens is 1. The standard InChI is InChI=1S/C23H35N5O.HI/c1-18(2)28(19(3)4)15-13-25-23(24-5)26-16-20-9-11-21(12-10-20)17-27-14-7-6-8-22(27)29;/h6-12,14,18-19H,13,15-17H2,1-5H3,(H2,24,25,26);1H. The lowest BCUT2D eigenvalue weighted by Crippen LogP contribution is -2.45. The zero-order valence-corrected chi connectivity index (χ0v) is 21.1. The highest BCUT2D eigenvalue weighted by atomic mass is 127. The molecule has 0 saturated carbocycles. The van der Waals surface area contributed by atoms with Crippen molar-refractivity contribution in [3.8, 4) is 0 Å². The largest absolute Gasteiger partial charge is 0.355 e. The summed E-state index contributed by atoms with van der Waals surface area (Å²) in [7, 11) is 1.79. The van der Waals surface area contributed by atoms with E-state index in [9.17, 15) is 4.79 Å². The Morgan fingerprint density at radius 3 is 2.20 bits per heavy atom. The Morgan fingerprint density at radius 2 is 1.63 bits per heavy atom. The van der Waals surface area contributed by atoms with Gasteiger partial charge >= 0.3 is 0 Å². The normalized spacial score (nSPS) is 11.7. The average molecular weight is 525 g/mol. The first-order valence-corrected chi connectivity index (χ1v) is 10.3. The second-order valence-corrected chi connectivity index (χ2v) is 7.76. The predicted molar refractivity (Wildman–Crippen MR) is 137 cm³/mol. The molecule has 0 amide bonds. The summed E-state index contributed by atoms with van der Waals surface area (Å²) in [6.07, 6.45) is 1.81. The van der Waals surface area contributed by atoms with E-state index in [4.69, 9.17) is 0 Å². The molecule has 2 N–H and O–H groups in total. The van der Waals surface area contributed by atoms with Crippen LogP contribution in [0, 0.1) is 0 Å². The van der Waals surface area contributed by atoms with Crippen LogP contribution in [0.1, 0.15) is 38.8 Å². The summed E-state index contributed by atoms with van der Waals surface area (Å²) in [5, 5.41) is 6.75. The number of halogens is 1. The first kappa shape index (κ1) is 26.2. The van der Waals surface area contributed by atoms with Crippen molar-refractivity contribution in [2.45, 2.75) is 52.9 Å². The molecule has 1 aromatic heterocycles. The maximum Gasteiger partial charge on any atom is 0.250 e. The SMILES string of the molecule is CN=C(NCCN(C(C)C)C(C)C)NCc1ccc(Cn2ccccc2=O)cc1.I. The van der Waals surface area contributed by atoms with Crippen LogP contribution in [0.15, 0.2) is 58.4 Å². The van der Waals surface area contributed by atoms with Gasteiger partial charge in [-0.2, -0.15) is 0 Å². The fourth-order valence-electron chi connectivity index (χ4n) is 3.37. The molecule has 6 nitrogen and oxygen atoms in total. The van der Waals surface area contributed by atoms with Crippen molar-refractivity contribution < 1.29 is 0 Å². The second kappa shape index (κ2) is 13.4. The fraction of sp³-hybridized carbons (Fsp3) is 0.478. The summed E-state index contributed by atoms with van der Waals surface area (Å²) in [4.78, 5) is 18.6. The monoisotopic (exact) mass is 525 g/mol. The molecule has 0 spiro atoms. The van der Waals surface area contributed by atoms with Gasteiger partial charge in [-0.15, -0.1) is 24.0 Å². The van der Waals surface area contributed by atoms with E-state index in [0.717, 1.165) is 24.6 Å². The van der Waals surface area contributed by atoms with Gasteiger partial charge in [-0.1, -0.05) is 30.3 Å². The third kappa shape index (κ3) is 8.47. The van der Waals surface area contributed by atoms with Crippen LogP contribution in [0.2, 0.25) is 0 Å². The van der Waals surface area contributed by atoms with Crippen molar-refractivity contribution in [2.24, 2.45) is 4.99 Å². The molecule has 1 aromatic carbocycles. The van der Waals surface area contributed by atoms with Gasteiger partial charge in [-0.25, -0.2) is 0 Å². The average Bonchev–Trinajstić information content (AvgIpc) is 2.69. The van der Waals surface area contributed by atoms with Gasteiger partial charge in [0, 0.05) is 51.0 Å². The number of hydrogen-bond acceptors (Lipinski definition) is 3. The number of rotatable bonds is 9. The number of nitrogens with one attached hydrogen (secondary N) is 2. The molecule has 0 aliphatic heterocycles. The van der Waals surface area contributed by atoms with E-state index >= 15 is 0 Å². The zero-order chi connectivity index (χ0) is 21.2. The van der Waals surface area contributed by atoms with Gasteiger partial charge in [-0.3, -0.25) is 14.7 Å². The number of pyridine rings is 1. The Balaban J connectivity index is 0.00000450. The molecule has 7 heteroatoms. The smallest absolute Gasteiger partial charge is 0.250 e. The minimum Gasteiger partial charge on any atom is -0.355 e. The van der Waals surface area contributed by atoms with Crippen molar-refractivity contribution in [3.63, 3.8) is 0 Å². The van der Waals surface area contributed by atoms with Crippen LogP contribution in [0.3, 0.4) is 0 Å². The molecule has 0 fully saturated rings. The molecule has 30 heavy (non-hydrogen) atoms. The lowest BCUT2D eigenvalue weighted by Gasteiger charge is -2.30. The van der Waals surface area contributed by atoms with Crippen molar-refractivity contribution in [3.05, 3.63) is 70.1 Å². The quantitative estimate of drug-likeness (QED) is 0.300. The maximum atomic E-state index is 11.8. The molecule has 2 aromatic rings. The Morgan fingerprint density at radius 1 is 1.00 bits per heavy atom. The van der Waals surface area contributed by atoms with Gasteiger partial charge in [0.25, 0.3) is 5.56 Å². The number of benzene rings is 1. The highest BCUT2D eigenvalue weighted by Gasteiger charge is 2.12. The summed E-state index contributed by atoms with van der Waals surface area (Å²) in [5.74, 6) is 0.803. The van der Waals surface area contributed by atoms with Crippen molar-refractivity contribution >= 4 is 29.9 Å². The van der Waals surface area contributed by atoms with E-state index in [1.54, 1.807) is 23.7 Å². The van der Waals surface area contributed by atoms with Crippen LogP contribution in [0.4, 0.5) is 0 Å². The van der Waals surface area contributed by atoms with E-state index in [2.05, 4.69) is 72.5 Å².